The van der Waals surface area contributed by atoms with Crippen LogP contribution in [-0.2, 0) is 0 Å². The van der Waals surface area contributed by atoms with Crippen molar-refractivity contribution in [1.29, 1.82) is 5.26 Å². The fourth-order valence-electron chi connectivity index (χ4n) is 3.00. The molecule has 2 nitrogen and oxygen atoms in total. The van der Waals surface area contributed by atoms with E-state index in [-0.39, 0.29) is 5.82 Å². The molecule has 0 bridgehead atoms. The van der Waals surface area contributed by atoms with E-state index in [0.717, 1.165) is 25.7 Å². The molecule has 0 aromatic heterocycles. The molecule has 1 aliphatic rings. The van der Waals surface area contributed by atoms with E-state index in [9.17, 15) is 14.8 Å². The zero-order valence-electron chi connectivity index (χ0n) is 11.4. The molecule has 4 heteroatoms. The normalized spacial score (nSPS) is 20.5. The van der Waals surface area contributed by atoms with Gasteiger partial charge in [0.05, 0.1) is 17.6 Å². The van der Waals surface area contributed by atoms with Crippen molar-refractivity contribution < 1.29 is 9.50 Å². The maximum Gasteiger partial charge on any atom is 0.124 e. The maximum atomic E-state index is 13.2. The van der Waals surface area contributed by atoms with Crippen LogP contribution in [0.5, 0.6) is 0 Å². The van der Waals surface area contributed by atoms with Crippen molar-refractivity contribution in [2.24, 2.45) is 5.41 Å². The Balaban J connectivity index is 2.31. The molecule has 1 aromatic rings. The number of nitriles is 1. The van der Waals surface area contributed by atoms with Crippen LogP contribution in [0.3, 0.4) is 0 Å². The first kappa shape index (κ1) is 15.5. The van der Waals surface area contributed by atoms with Crippen molar-refractivity contribution in [3.05, 3.63) is 34.1 Å². The summed E-state index contributed by atoms with van der Waals surface area (Å²) in [6, 6.07) is 6.60. The molecule has 1 fully saturated rings. The predicted molar refractivity (Wildman–Crippen MR) is 79.4 cm³/mol. The van der Waals surface area contributed by atoms with Gasteiger partial charge in [-0.05, 0) is 30.5 Å². The largest absolute Gasteiger partial charge is 0.387 e. The van der Waals surface area contributed by atoms with Gasteiger partial charge >= 0.3 is 0 Å². The molecule has 0 spiro atoms. The number of rotatable bonds is 2. The minimum absolute atomic E-state index is 0.350. The van der Waals surface area contributed by atoms with Gasteiger partial charge in [0.2, 0.25) is 0 Å². The van der Waals surface area contributed by atoms with E-state index in [1.165, 1.54) is 18.6 Å². The van der Waals surface area contributed by atoms with Crippen LogP contribution in [0.25, 0.3) is 0 Å². The SMILES string of the molecule is N#CC1(C(O)c2ccc(F)cc2Br)CCCCCCC1. The summed E-state index contributed by atoms with van der Waals surface area (Å²) in [5.41, 5.74) is -0.144. The number of aliphatic hydroxyl groups is 1. The van der Waals surface area contributed by atoms with Crippen molar-refractivity contribution in [3.63, 3.8) is 0 Å². The fraction of sp³-hybridized carbons (Fsp3) is 0.562. The quantitative estimate of drug-likeness (QED) is 0.834. The molecule has 2 rings (SSSR count). The molecule has 1 aliphatic carbocycles. The third kappa shape index (κ3) is 3.21. The second-order valence-electron chi connectivity index (χ2n) is 5.60. The average molecular weight is 340 g/mol. The molecular formula is C16H19BrFNO. The van der Waals surface area contributed by atoms with E-state index in [0.29, 0.717) is 22.9 Å². The molecule has 0 heterocycles. The summed E-state index contributed by atoms with van der Waals surface area (Å²) in [6.45, 7) is 0. The number of hydrogen-bond donors (Lipinski definition) is 1. The summed E-state index contributed by atoms with van der Waals surface area (Å²) in [5.74, 6) is -0.350. The average Bonchev–Trinajstić information content (AvgIpc) is 2.38. The van der Waals surface area contributed by atoms with Gasteiger partial charge < -0.3 is 5.11 Å². The smallest absolute Gasteiger partial charge is 0.124 e. The zero-order valence-corrected chi connectivity index (χ0v) is 13.0. The van der Waals surface area contributed by atoms with Crippen molar-refractivity contribution in [2.45, 2.75) is 51.0 Å². The topological polar surface area (TPSA) is 44.0 Å². The van der Waals surface area contributed by atoms with Crippen LogP contribution in [-0.4, -0.2) is 5.11 Å². The second-order valence-corrected chi connectivity index (χ2v) is 6.46. The maximum absolute atomic E-state index is 13.2. The highest BCUT2D eigenvalue weighted by atomic mass is 79.9. The van der Waals surface area contributed by atoms with E-state index < -0.39 is 11.5 Å². The van der Waals surface area contributed by atoms with Crippen LogP contribution in [0, 0.1) is 22.6 Å². The van der Waals surface area contributed by atoms with Crippen molar-refractivity contribution in [2.75, 3.05) is 0 Å². The zero-order chi connectivity index (χ0) is 14.6. The molecule has 0 radical (unpaired) electrons. The van der Waals surface area contributed by atoms with Gasteiger partial charge in [0.15, 0.2) is 0 Å². The summed E-state index contributed by atoms with van der Waals surface area (Å²) in [7, 11) is 0. The Bertz CT molecular complexity index is 504. The van der Waals surface area contributed by atoms with Crippen LogP contribution in [0.4, 0.5) is 4.39 Å². The summed E-state index contributed by atoms with van der Waals surface area (Å²) < 4.78 is 13.7. The van der Waals surface area contributed by atoms with Crippen LogP contribution in [0.1, 0.15) is 56.6 Å². The third-order valence-corrected chi connectivity index (χ3v) is 4.94. The molecule has 0 amide bonds. The monoisotopic (exact) mass is 339 g/mol. The van der Waals surface area contributed by atoms with Crippen LogP contribution >= 0.6 is 15.9 Å². The number of aliphatic hydroxyl groups excluding tert-OH is 1. The first-order chi connectivity index (χ1) is 9.59. The van der Waals surface area contributed by atoms with E-state index in [4.69, 9.17) is 0 Å². The fourth-order valence-corrected chi connectivity index (χ4v) is 3.57. The van der Waals surface area contributed by atoms with E-state index in [1.807, 2.05) is 0 Å². The molecule has 0 aliphatic heterocycles. The van der Waals surface area contributed by atoms with Crippen molar-refractivity contribution in [1.82, 2.24) is 0 Å². The Labute approximate surface area is 127 Å². The molecule has 1 aromatic carbocycles. The van der Waals surface area contributed by atoms with Gasteiger partial charge in [-0.15, -0.1) is 0 Å². The third-order valence-electron chi connectivity index (χ3n) is 4.25. The van der Waals surface area contributed by atoms with Crippen LogP contribution in [0.15, 0.2) is 22.7 Å². The van der Waals surface area contributed by atoms with Gasteiger partial charge in [0, 0.05) is 4.47 Å². The lowest BCUT2D eigenvalue weighted by Crippen LogP contribution is -2.28. The van der Waals surface area contributed by atoms with E-state index >= 15 is 0 Å². The molecular weight excluding hydrogens is 321 g/mol. The number of hydrogen-bond acceptors (Lipinski definition) is 2. The molecule has 1 saturated carbocycles. The summed E-state index contributed by atoms with van der Waals surface area (Å²) in [6.07, 6.45) is 5.88. The molecule has 0 saturated heterocycles. The Morgan fingerprint density at radius 3 is 2.35 bits per heavy atom. The van der Waals surface area contributed by atoms with Gasteiger partial charge in [-0.1, -0.05) is 54.1 Å². The Hall–Kier alpha value is -0.920. The molecule has 1 atom stereocenters. The van der Waals surface area contributed by atoms with Crippen LogP contribution < -0.4 is 0 Å². The second kappa shape index (κ2) is 6.69. The molecule has 20 heavy (non-hydrogen) atoms. The predicted octanol–water partition coefficient (Wildman–Crippen LogP) is 4.88. The van der Waals surface area contributed by atoms with Gasteiger partial charge in [0.1, 0.15) is 5.82 Å². The lowest BCUT2D eigenvalue weighted by atomic mass is 9.71. The first-order valence-corrected chi connectivity index (χ1v) is 7.93. The number of nitrogens with zero attached hydrogens (tertiary/aromatic N) is 1. The molecule has 1 N–H and O–H groups in total. The number of benzene rings is 1. The van der Waals surface area contributed by atoms with Gasteiger partial charge in [0.25, 0.3) is 0 Å². The molecule has 108 valence electrons. The standard InChI is InChI=1S/C16H19BrFNO/c17-14-10-12(18)6-7-13(14)15(20)16(11-19)8-4-2-1-3-5-9-16/h6-7,10,15,20H,1-5,8-9H2. The van der Waals surface area contributed by atoms with E-state index in [2.05, 4.69) is 22.0 Å². The molecule has 1 unspecified atom stereocenters. The number of halogens is 2. The first-order valence-electron chi connectivity index (χ1n) is 7.13. The lowest BCUT2D eigenvalue weighted by molar-refractivity contribution is 0.0428. The summed E-state index contributed by atoms with van der Waals surface area (Å²) in [5, 5.41) is 20.3. The van der Waals surface area contributed by atoms with Crippen LogP contribution in [0.2, 0.25) is 0 Å². The van der Waals surface area contributed by atoms with Gasteiger partial charge in [-0.25, -0.2) is 4.39 Å². The Kier molecular flexibility index (Phi) is 5.17. The highest BCUT2D eigenvalue weighted by Crippen LogP contribution is 2.45. The van der Waals surface area contributed by atoms with Crippen molar-refractivity contribution in [3.8, 4) is 6.07 Å². The Morgan fingerprint density at radius 2 is 1.80 bits per heavy atom. The van der Waals surface area contributed by atoms with Crippen molar-refractivity contribution >= 4 is 15.9 Å². The van der Waals surface area contributed by atoms with E-state index in [1.54, 1.807) is 6.07 Å². The summed E-state index contributed by atoms with van der Waals surface area (Å²) >= 11 is 3.29. The summed E-state index contributed by atoms with van der Waals surface area (Å²) in [4.78, 5) is 0. The Morgan fingerprint density at radius 1 is 1.20 bits per heavy atom. The highest BCUT2D eigenvalue weighted by Gasteiger charge is 2.39. The van der Waals surface area contributed by atoms with Gasteiger partial charge in [-0.2, -0.15) is 5.26 Å². The minimum atomic E-state index is -0.874. The van der Waals surface area contributed by atoms with Gasteiger partial charge in [-0.3, -0.25) is 0 Å². The highest BCUT2D eigenvalue weighted by molar-refractivity contribution is 9.10. The minimum Gasteiger partial charge on any atom is -0.387 e. The lowest BCUT2D eigenvalue weighted by Gasteiger charge is -2.34.